The highest BCUT2D eigenvalue weighted by Gasteiger charge is 2.38. The average molecular weight is 556 g/mol. The van der Waals surface area contributed by atoms with Crippen molar-refractivity contribution in [1.82, 2.24) is 0 Å². The van der Waals surface area contributed by atoms with Crippen LogP contribution in [0.5, 0.6) is 0 Å². The molecule has 4 aromatic carbocycles. The van der Waals surface area contributed by atoms with Gasteiger partial charge < -0.3 is 4.74 Å². The Balaban J connectivity index is 1.57. The van der Waals surface area contributed by atoms with Crippen molar-refractivity contribution in [1.29, 1.82) is 0 Å². The van der Waals surface area contributed by atoms with Crippen molar-refractivity contribution in [2.24, 2.45) is 10.2 Å². The lowest BCUT2D eigenvalue weighted by atomic mass is 9.82. The van der Waals surface area contributed by atoms with Crippen LogP contribution in [0.25, 0.3) is 16.3 Å². The molecule has 7 heteroatoms. The molecule has 0 saturated carbocycles. The molecule has 186 valence electrons. The number of hydrogen-bond donors (Lipinski definition) is 0. The molecule has 0 N–H and O–H groups in total. The number of unbranched alkanes of at least 4 members (excludes halogenated alkanes) is 1. The number of nitrogens with zero attached hydrogens (tertiary/aromatic N) is 3. The Labute approximate surface area is 224 Å². The van der Waals surface area contributed by atoms with Gasteiger partial charge in [-0.1, -0.05) is 82.7 Å². The zero-order valence-corrected chi connectivity index (χ0v) is 21.8. The number of non-ortho nitro benzene ring substituents is 1. The van der Waals surface area contributed by atoms with Crippen molar-refractivity contribution in [3.8, 4) is 0 Å². The van der Waals surface area contributed by atoms with Gasteiger partial charge in [-0.05, 0) is 53.1 Å². The van der Waals surface area contributed by atoms with E-state index in [9.17, 15) is 10.1 Å². The molecule has 0 radical (unpaired) electrons. The van der Waals surface area contributed by atoms with Gasteiger partial charge in [-0.3, -0.25) is 10.1 Å². The van der Waals surface area contributed by atoms with E-state index in [-0.39, 0.29) is 10.6 Å². The first-order valence-electron chi connectivity index (χ1n) is 12.3. The van der Waals surface area contributed by atoms with E-state index >= 15 is 0 Å². The van der Waals surface area contributed by atoms with Crippen LogP contribution in [-0.2, 0) is 10.5 Å². The van der Waals surface area contributed by atoms with E-state index in [1.807, 2.05) is 48.5 Å². The maximum atomic E-state index is 11.1. The molecule has 1 aliphatic rings. The molecule has 1 aliphatic carbocycles. The molecule has 1 atom stereocenters. The number of azo groups is 1. The van der Waals surface area contributed by atoms with Crippen molar-refractivity contribution in [2.45, 2.75) is 25.0 Å². The first-order valence-corrected chi connectivity index (χ1v) is 13.4. The van der Waals surface area contributed by atoms with Gasteiger partial charge in [0.1, 0.15) is 0 Å². The van der Waals surface area contributed by atoms with Crippen molar-refractivity contribution >= 4 is 43.7 Å². The number of halogens is 1. The second-order valence-corrected chi connectivity index (χ2v) is 9.69. The van der Waals surface area contributed by atoms with Crippen molar-refractivity contribution in [3.63, 3.8) is 0 Å². The maximum absolute atomic E-state index is 11.1. The predicted octanol–water partition coefficient (Wildman–Crippen LogP) is 8.71. The largest absolute Gasteiger partial charge is 0.348 e. The van der Waals surface area contributed by atoms with Crippen LogP contribution in [0.1, 0.15) is 36.0 Å². The minimum absolute atomic E-state index is 0.0711. The lowest BCUT2D eigenvalue weighted by molar-refractivity contribution is -0.384. The summed E-state index contributed by atoms with van der Waals surface area (Å²) in [5.41, 5.74) is 3.74. The SMILES string of the molecule is O=[N+]([O-])c1ccc(C2=CCC(N=Nc3cccc4ccccc34)(OCCCCBr)c3ccccc32)cc1. The quantitative estimate of drug-likeness (QED) is 0.0680. The van der Waals surface area contributed by atoms with Gasteiger partial charge in [-0.2, -0.15) is 5.11 Å². The third kappa shape index (κ3) is 5.24. The number of fused-ring (bicyclic) bond motifs is 2. The van der Waals surface area contributed by atoms with Gasteiger partial charge in [0.25, 0.3) is 5.69 Å². The van der Waals surface area contributed by atoms with Crippen LogP contribution in [0, 0.1) is 10.1 Å². The minimum Gasteiger partial charge on any atom is -0.348 e. The fraction of sp³-hybridized carbons (Fsp3) is 0.200. The topological polar surface area (TPSA) is 77.1 Å². The highest BCUT2D eigenvalue weighted by atomic mass is 79.9. The van der Waals surface area contributed by atoms with Gasteiger partial charge >= 0.3 is 0 Å². The summed E-state index contributed by atoms with van der Waals surface area (Å²) in [6, 6.07) is 28.9. The average Bonchev–Trinajstić information content (AvgIpc) is 2.94. The van der Waals surface area contributed by atoms with E-state index in [1.165, 1.54) is 12.1 Å². The standard InChI is InChI=1S/C30H26BrN3O3/c31-20-5-6-21-37-30(33-32-29-13-7-9-22-8-1-2-10-26(22)29)19-18-25(27-11-3-4-12-28(27)30)23-14-16-24(17-15-23)34(35)36/h1-4,7-18H,5-6,19-21H2. The normalized spacial score (nSPS) is 17.1. The van der Waals surface area contributed by atoms with Crippen LogP contribution in [0.15, 0.2) is 107 Å². The van der Waals surface area contributed by atoms with Gasteiger partial charge in [0.05, 0.1) is 17.2 Å². The lowest BCUT2D eigenvalue weighted by Crippen LogP contribution is -2.31. The van der Waals surface area contributed by atoms with E-state index in [2.05, 4.69) is 40.2 Å². The summed E-state index contributed by atoms with van der Waals surface area (Å²) in [7, 11) is 0. The Morgan fingerprint density at radius 1 is 0.919 bits per heavy atom. The van der Waals surface area contributed by atoms with Crippen LogP contribution in [0.3, 0.4) is 0 Å². The molecule has 0 aliphatic heterocycles. The van der Waals surface area contributed by atoms with Crippen molar-refractivity contribution in [2.75, 3.05) is 11.9 Å². The molecule has 0 saturated heterocycles. The van der Waals surface area contributed by atoms with E-state index in [0.717, 1.165) is 56.9 Å². The summed E-state index contributed by atoms with van der Waals surface area (Å²) >= 11 is 3.50. The number of alkyl halides is 1. The molecule has 0 fully saturated rings. The first-order chi connectivity index (χ1) is 18.1. The highest BCUT2D eigenvalue weighted by Crippen LogP contribution is 2.44. The number of benzene rings is 4. The Hall–Kier alpha value is -3.68. The number of ether oxygens (including phenoxy) is 1. The molecule has 0 spiro atoms. The van der Waals surface area contributed by atoms with Crippen LogP contribution in [0.4, 0.5) is 11.4 Å². The van der Waals surface area contributed by atoms with Gasteiger partial charge in [0.15, 0.2) is 0 Å². The fourth-order valence-corrected chi connectivity index (χ4v) is 5.08. The van der Waals surface area contributed by atoms with E-state index < -0.39 is 5.72 Å². The third-order valence-electron chi connectivity index (χ3n) is 6.56. The molecule has 4 aromatic rings. The van der Waals surface area contributed by atoms with E-state index in [1.54, 1.807) is 12.1 Å². The van der Waals surface area contributed by atoms with Crippen LogP contribution in [0.2, 0.25) is 0 Å². The maximum Gasteiger partial charge on any atom is 0.269 e. The highest BCUT2D eigenvalue weighted by molar-refractivity contribution is 9.09. The monoisotopic (exact) mass is 555 g/mol. The second kappa shape index (κ2) is 11.2. The van der Waals surface area contributed by atoms with Crippen molar-refractivity contribution in [3.05, 3.63) is 124 Å². The number of hydrogen-bond acceptors (Lipinski definition) is 5. The summed E-state index contributed by atoms with van der Waals surface area (Å²) in [5.74, 6) is 0. The Kier molecular flexibility index (Phi) is 7.53. The summed E-state index contributed by atoms with van der Waals surface area (Å²) in [6.07, 6.45) is 4.51. The van der Waals surface area contributed by atoms with Crippen LogP contribution in [-0.4, -0.2) is 16.9 Å². The molecule has 1 unspecified atom stereocenters. The fourth-order valence-electron chi connectivity index (χ4n) is 4.68. The molecule has 0 heterocycles. The second-order valence-electron chi connectivity index (χ2n) is 8.90. The van der Waals surface area contributed by atoms with Gasteiger partial charge in [0, 0.05) is 34.8 Å². The summed E-state index contributed by atoms with van der Waals surface area (Å²) in [4.78, 5) is 10.8. The van der Waals surface area contributed by atoms with E-state index in [4.69, 9.17) is 15.0 Å². The Bertz CT molecular complexity index is 1480. The lowest BCUT2D eigenvalue weighted by Gasteiger charge is -2.34. The third-order valence-corrected chi connectivity index (χ3v) is 7.13. The smallest absolute Gasteiger partial charge is 0.269 e. The summed E-state index contributed by atoms with van der Waals surface area (Å²) < 4.78 is 6.55. The van der Waals surface area contributed by atoms with Crippen molar-refractivity contribution < 1.29 is 9.66 Å². The van der Waals surface area contributed by atoms with Gasteiger partial charge in [-0.15, -0.1) is 5.11 Å². The predicted molar refractivity (Wildman–Crippen MR) is 150 cm³/mol. The summed E-state index contributed by atoms with van der Waals surface area (Å²) in [5, 5.41) is 23.8. The van der Waals surface area contributed by atoms with Gasteiger partial charge in [-0.25, -0.2) is 0 Å². The first kappa shape index (κ1) is 25.0. The Morgan fingerprint density at radius 3 is 2.49 bits per heavy atom. The molecule has 0 amide bonds. The number of rotatable bonds is 9. The molecular formula is C30H26BrN3O3. The zero-order valence-electron chi connectivity index (χ0n) is 20.2. The van der Waals surface area contributed by atoms with Crippen LogP contribution >= 0.6 is 15.9 Å². The molecule has 0 aromatic heterocycles. The zero-order chi connectivity index (χ0) is 25.7. The number of nitro benzene ring substituents is 1. The molecule has 6 nitrogen and oxygen atoms in total. The molecule has 37 heavy (non-hydrogen) atoms. The number of nitro groups is 1. The van der Waals surface area contributed by atoms with E-state index in [0.29, 0.717) is 13.0 Å². The van der Waals surface area contributed by atoms with Crippen LogP contribution < -0.4 is 0 Å². The molecule has 5 rings (SSSR count). The molecule has 0 bridgehead atoms. The Morgan fingerprint density at radius 2 is 1.68 bits per heavy atom. The van der Waals surface area contributed by atoms with Gasteiger partial charge in [0.2, 0.25) is 5.72 Å². The molecular weight excluding hydrogens is 530 g/mol. The summed E-state index contributed by atoms with van der Waals surface area (Å²) in [6.45, 7) is 0.551. The minimum atomic E-state index is -0.968.